The van der Waals surface area contributed by atoms with Crippen molar-refractivity contribution in [2.45, 2.75) is 32.9 Å². The van der Waals surface area contributed by atoms with E-state index in [1.54, 1.807) is 17.5 Å². The highest BCUT2D eigenvalue weighted by molar-refractivity contribution is 7.14. The summed E-state index contributed by atoms with van der Waals surface area (Å²) in [6, 6.07) is 15.2. The van der Waals surface area contributed by atoms with Gasteiger partial charge in [0.2, 0.25) is 0 Å². The lowest BCUT2D eigenvalue weighted by atomic mass is 10.0. The van der Waals surface area contributed by atoms with E-state index in [2.05, 4.69) is 34.4 Å². The Morgan fingerprint density at radius 1 is 0.943 bits per heavy atom. The SMILES string of the molecule is Cc1ccc(C(C)C)cc1/N=N\c1cc(-c2csc(Nc3cccc(C(F)(F)F)c3)n2)ccc1F. The molecule has 0 saturated heterocycles. The highest BCUT2D eigenvalue weighted by atomic mass is 32.1. The molecule has 35 heavy (non-hydrogen) atoms. The summed E-state index contributed by atoms with van der Waals surface area (Å²) in [7, 11) is 0. The van der Waals surface area contributed by atoms with Gasteiger partial charge in [-0.1, -0.05) is 32.0 Å². The van der Waals surface area contributed by atoms with Crippen LogP contribution >= 0.6 is 11.3 Å². The Labute approximate surface area is 204 Å². The topological polar surface area (TPSA) is 49.6 Å². The van der Waals surface area contributed by atoms with Crippen LogP contribution in [0.1, 0.15) is 36.5 Å². The molecule has 0 aliphatic carbocycles. The van der Waals surface area contributed by atoms with Crippen LogP contribution in [0.5, 0.6) is 0 Å². The summed E-state index contributed by atoms with van der Waals surface area (Å²) in [5.41, 5.74) is 3.46. The molecule has 0 fully saturated rings. The first-order valence-corrected chi connectivity index (χ1v) is 11.7. The minimum Gasteiger partial charge on any atom is -0.332 e. The number of benzene rings is 3. The Bertz CT molecular complexity index is 1380. The molecule has 4 rings (SSSR count). The molecule has 0 atom stereocenters. The number of alkyl halides is 3. The number of hydrogen-bond donors (Lipinski definition) is 1. The van der Waals surface area contributed by atoms with Crippen LogP contribution in [-0.2, 0) is 6.18 Å². The van der Waals surface area contributed by atoms with Gasteiger partial charge < -0.3 is 5.32 Å². The van der Waals surface area contributed by atoms with E-state index in [4.69, 9.17) is 0 Å². The second-order valence-corrected chi connectivity index (χ2v) is 9.17. The van der Waals surface area contributed by atoms with Crippen molar-refractivity contribution in [3.63, 3.8) is 0 Å². The summed E-state index contributed by atoms with van der Waals surface area (Å²) in [6.07, 6.45) is -4.43. The Morgan fingerprint density at radius 2 is 1.71 bits per heavy atom. The van der Waals surface area contributed by atoms with E-state index >= 15 is 0 Å². The number of thiazole rings is 1. The number of hydrogen-bond acceptors (Lipinski definition) is 5. The number of nitrogens with zero attached hydrogens (tertiary/aromatic N) is 3. The predicted molar refractivity (Wildman–Crippen MR) is 132 cm³/mol. The van der Waals surface area contributed by atoms with Crippen molar-refractivity contribution < 1.29 is 17.6 Å². The fraction of sp³-hybridized carbons (Fsp3) is 0.192. The van der Waals surface area contributed by atoms with Crippen molar-refractivity contribution >= 4 is 33.5 Å². The number of halogens is 4. The van der Waals surface area contributed by atoms with Crippen LogP contribution in [0.2, 0.25) is 0 Å². The molecule has 0 unspecified atom stereocenters. The van der Waals surface area contributed by atoms with Gasteiger partial charge in [0.25, 0.3) is 0 Å². The molecule has 0 saturated carbocycles. The largest absolute Gasteiger partial charge is 0.416 e. The van der Waals surface area contributed by atoms with E-state index < -0.39 is 17.6 Å². The lowest BCUT2D eigenvalue weighted by Gasteiger charge is -2.09. The molecule has 4 nitrogen and oxygen atoms in total. The molecule has 4 aromatic rings. The predicted octanol–water partition coefficient (Wildman–Crippen LogP) is 9.56. The van der Waals surface area contributed by atoms with E-state index in [9.17, 15) is 17.6 Å². The van der Waals surface area contributed by atoms with Crippen molar-refractivity contribution in [1.29, 1.82) is 0 Å². The standard InChI is InChI=1S/C26H22F4N4S/c1-15(2)17-8-7-16(3)22(11-17)33-34-23-12-18(9-10-21(23)27)24-14-35-25(32-24)31-20-6-4-5-19(13-20)26(28,29)30/h4-15H,1-3H3,(H,31,32)/b34-33-. The highest BCUT2D eigenvalue weighted by Crippen LogP contribution is 2.34. The maximum absolute atomic E-state index is 14.4. The first-order chi connectivity index (χ1) is 16.6. The van der Waals surface area contributed by atoms with Gasteiger partial charge in [0.15, 0.2) is 10.9 Å². The van der Waals surface area contributed by atoms with Gasteiger partial charge in [-0.05, 0) is 66.4 Å². The first-order valence-electron chi connectivity index (χ1n) is 10.8. The van der Waals surface area contributed by atoms with Crippen LogP contribution in [-0.4, -0.2) is 4.98 Å². The summed E-state index contributed by atoms with van der Waals surface area (Å²) in [5.74, 6) is -0.194. The van der Waals surface area contributed by atoms with Crippen LogP contribution in [0, 0.1) is 12.7 Å². The molecule has 3 aromatic carbocycles. The third kappa shape index (κ3) is 5.92. The normalized spacial score (nSPS) is 12.0. The van der Waals surface area contributed by atoms with Crippen molar-refractivity contribution in [2.75, 3.05) is 5.32 Å². The van der Waals surface area contributed by atoms with Crippen LogP contribution in [0.15, 0.2) is 76.3 Å². The Kier molecular flexibility index (Phi) is 6.98. The van der Waals surface area contributed by atoms with Crippen molar-refractivity contribution in [3.8, 4) is 11.3 Å². The molecule has 0 bridgehead atoms. The monoisotopic (exact) mass is 498 g/mol. The zero-order chi connectivity index (χ0) is 25.2. The van der Waals surface area contributed by atoms with Gasteiger partial charge in [-0.15, -0.1) is 16.5 Å². The highest BCUT2D eigenvalue weighted by Gasteiger charge is 2.30. The number of aryl methyl sites for hydroxylation is 1. The van der Waals surface area contributed by atoms with E-state index in [0.29, 0.717) is 28.0 Å². The number of azo groups is 1. The average Bonchev–Trinajstić information content (AvgIpc) is 3.27. The number of aromatic nitrogens is 1. The molecular formula is C26H22F4N4S. The van der Waals surface area contributed by atoms with Crippen LogP contribution in [0.4, 0.5) is 39.8 Å². The number of rotatable bonds is 6. The summed E-state index contributed by atoms with van der Waals surface area (Å²) < 4.78 is 53.3. The third-order valence-corrected chi connectivity index (χ3v) is 6.11. The molecule has 180 valence electrons. The molecule has 0 spiro atoms. The molecule has 0 aliphatic rings. The molecule has 1 heterocycles. The fourth-order valence-corrected chi connectivity index (χ4v) is 4.05. The molecule has 1 N–H and O–H groups in total. The van der Waals surface area contributed by atoms with Gasteiger partial charge >= 0.3 is 6.18 Å². The summed E-state index contributed by atoms with van der Waals surface area (Å²) in [4.78, 5) is 4.43. The van der Waals surface area contributed by atoms with E-state index in [-0.39, 0.29) is 11.4 Å². The molecule has 0 aliphatic heterocycles. The molecular weight excluding hydrogens is 476 g/mol. The smallest absolute Gasteiger partial charge is 0.332 e. The quantitative estimate of drug-likeness (QED) is 0.213. The van der Waals surface area contributed by atoms with Crippen LogP contribution < -0.4 is 5.32 Å². The van der Waals surface area contributed by atoms with Crippen molar-refractivity contribution in [3.05, 3.63) is 88.6 Å². The maximum atomic E-state index is 14.4. The minimum absolute atomic E-state index is 0.0669. The van der Waals surface area contributed by atoms with Gasteiger partial charge in [-0.3, -0.25) is 0 Å². The summed E-state index contributed by atoms with van der Waals surface area (Å²) >= 11 is 1.23. The lowest BCUT2D eigenvalue weighted by Crippen LogP contribution is -2.05. The van der Waals surface area contributed by atoms with E-state index in [0.717, 1.165) is 23.3 Å². The van der Waals surface area contributed by atoms with Gasteiger partial charge in [0, 0.05) is 16.6 Å². The van der Waals surface area contributed by atoms with Gasteiger partial charge in [0.1, 0.15) is 5.69 Å². The molecule has 9 heteroatoms. The second kappa shape index (κ2) is 9.95. The summed E-state index contributed by atoms with van der Waals surface area (Å²) in [5, 5.41) is 13.4. The Morgan fingerprint density at radius 3 is 2.46 bits per heavy atom. The number of anilines is 2. The van der Waals surface area contributed by atoms with Crippen molar-refractivity contribution in [1.82, 2.24) is 4.98 Å². The fourth-order valence-electron chi connectivity index (χ4n) is 3.31. The van der Waals surface area contributed by atoms with Gasteiger partial charge in [-0.2, -0.15) is 18.3 Å². The maximum Gasteiger partial charge on any atom is 0.416 e. The van der Waals surface area contributed by atoms with Crippen LogP contribution in [0.3, 0.4) is 0 Å². The minimum atomic E-state index is -4.43. The Hall–Kier alpha value is -3.59. The zero-order valence-electron chi connectivity index (χ0n) is 19.2. The van der Waals surface area contributed by atoms with E-state index in [1.807, 2.05) is 25.1 Å². The summed E-state index contributed by atoms with van der Waals surface area (Å²) in [6.45, 7) is 6.08. The molecule has 0 amide bonds. The van der Waals surface area contributed by atoms with E-state index in [1.165, 1.54) is 29.5 Å². The third-order valence-electron chi connectivity index (χ3n) is 5.35. The average molecular weight is 499 g/mol. The van der Waals surface area contributed by atoms with Gasteiger partial charge in [0.05, 0.1) is 16.9 Å². The van der Waals surface area contributed by atoms with Gasteiger partial charge in [-0.25, -0.2) is 9.37 Å². The van der Waals surface area contributed by atoms with Crippen LogP contribution in [0.25, 0.3) is 11.3 Å². The molecule has 0 radical (unpaired) electrons. The number of nitrogens with one attached hydrogen (secondary N) is 1. The lowest BCUT2D eigenvalue weighted by molar-refractivity contribution is -0.137. The zero-order valence-corrected chi connectivity index (χ0v) is 20.0. The Balaban J connectivity index is 1.56. The molecule has 1 aromatic heterocycles. The first kappa shape index (κ1) is 24.5. The van der Waals surface area contributed by atoms with Crippen molar-refractivity contribution in [2.24, 2.45) is 10.2 Å². The second-order valence-electron chi connectivity index (χ2n) is 8.31.